The van der Waals surface area contributed by atoms with E-state index < -0.39 is 0 Å². The van der Waals surface area contributed by atoms with Gasteiger partial charge in [0.1, 0.15) is 0 Å². The molecule has 1 saturated carbocycles. The summed E-state index contributed by atoms with van der Waals surface area (Å²) in [5, 5.41) is 12.0. The molecular formula is C16H30N2O3. The first kappa shape index (κ1) is 16.6. The van der Waals surface area contributed by atoms with Crippen molar-refractivity contribution >= 4 is 6.09 Å². The van der Waals surface area contributed by atoms with Crippen LogP contribution in [-0.4, -0.2) is 54.5 Å². The molecular weight excluding hydrogens is 268 g/mol. The minimum atomic E-state index is -0.299. The molecule has 1 aliphatic heterocycles. The van der Waals surface area contributed by atoms with Crippen molar-refractivity contribution in [1.82, 2.24) is 10.2 Å². The lowest BCUT2D eigenvalue weighted by atomic mass is 9.78. The number of nitrogens with one attached hydrogen (secondary N) is 1. The summed E-state index contributed by atoms with van der Waals surface area (Å²) < 4.78 is 5.01. The van der Waals surface area contributed by atoms with E-state index in [0.717, 1.165) is 38.3 Å². The lowest BCUT2D eigenvalue weighted by Crippen LogP contribution is -2.56. The summed E-state index contributed by atoms with van der Waals surface area (Å²) in [6.07, 6.45) is 5.14. The van der Waals surface area contributed by atoms with E-state index in [4.69, 9.17) is 9.84 Å². The van der Waals surface area contributed by atoms with Crippen molar-refractivity contribution < 1.29 is 14.6 Å². The quantitative estimate of drug-likeness (QED) is 0.787. The molecule has 2 unspecified atom stereocenters. The normalized spacial score (nSPS) is 33.3. The van der Waals surface area contributed by atoms with Crippen molar-refractivity contribution in [2.75, 3.05) is 26.3 Å². The van der Waals surface area contributed by atoms with Crippen LogP contribution in [-0.2, 0) is 4.74 Å². The monoisotopic (exact) mass is 298 g/mol. The third-order valence-corrected chi connectivity index (χ3v) is 4.80. The van der Waals surface area contributed by atoms with Crippen molar-refractivity contribution in [1.29, 1.82) is 0 Å². The van der Waals surface area contributed by atoms with Crippen LogP contribution in [0.3, 0.4) is 0 Å². The van der Waals surface area contributed by atoms with Gasteiger partial charge in [-0.15, -0.1) is 0 Å². The highest BCUT2D eigenvalue weighted by molar-refractivity contribution is 5.67. The summed E-state index contributed by atoms with van der Waals surface area (Å²) in [4.78, 5) is 14.2. The SMILES string of the molecule is CCOC(=O)NC1CC(CCCO)CN(C2CC(C)C2)C1. The van der Waals surface area contributed by atoms with Gasteiger partial charge in [0.2, 0.25) is 0 Å². The summed E-state index contributed by atoms with van der Waals surface area (Å²) >= 11 is 0. The largest absolute Gasteiger partial charge is 0.450 e. The minimum Gasteiger partial charge on any atom is -0.450 e. The Kier molecular flexibility index (Phi) is 6.30. The average molecular weight is 298 g/mol. The van der Waals surface area contributed by atoms with Gasteiger partial charge in [0.25, 0.3) is 0 Å². The Bertz CT molecular complexity index is 331. The molecule has 1 heterocycles. The maximum Gasteiger partial charge on any atom is 0.407 e. The zero-order valence-corrected chi connectivity index (χ0v) is 13.4. The molecule has 0 spiro atoms. The second-order valence-corrected chi connectivity index (χ2v) is 6.71. The smallest absolute Gasteiger partial charge is 0.407 e. The number of likely N-dealkylation sites (tertiary alicyclic amines) is 1. The van der Waals surface area contributed by atoms with E-state index in [9.17, 15) is 4.79 Å². The van der Waals surface area contributed by atoms with Crippen LogP contribution in [0.15, 0.2) is 0 Å². The lowest BCUT2D eigenvalue weighted by molar-refractivity contribution is 0.0297. The summed E-state index contributed by atoms with van der Waals surface area (Å²) in [7, 11) is 0. The molecule has 0 aromatic heterocycles. The Labute approximate surface area is 128 Å². The highest BCUT2D eigenvalue weighted by Crippen LogP contribution is 2.34. The van der Waals surface area contributed by atoms with E-state index in [1.807, 2.05) is 6.92 Å². The molecule has 5 heteroatoms. The standard InChI is InChI=1S/C16H30N2O3/c1-3-21-16(20)17-14-9-13(5-4-6-19)10-18(11-14)15-7-12(2)8-15/h12-15,19H,3-11H2,1-2H3,(H,17,20). The van der Waals surface area contributed by atoms with Crippen LogP contribution in [0.1, 0.15) is 46.0 Å². The van der Waals surface area contributed by atoms with Gasteiger partial charge < -0.3 is 15.2 Å². The molecule has 1 saturated heterocycles. The number of aliphatic hydroxyl groups excluding tert-OH is 1. The number of hydrogen-bond acceptors (Lipinski definition) is 4. The fourth-order valence-electron chi connectivity index (χ4n) is 3.73. The highest BCUT2D eigenvalue weighted by atomic mass is 16.5. The van der Waals surface area contributed by atoms with Gasteiger partial charge in [-0.05, 0) is 50.9 Å². The number of ether oxygens (including phenoxy) is 1. The first-order valence-corrected chi connectivity index (χ1v) is 8.40. The molecule has 21 heavy (non-hydrogen) atoms. The Hall–Kier alpha value is -0.810. The van der Waals surface area contributed by atoms with E-state index in [1.165, 1.54) is 12.8 Å². The van der Waals surface area contributed by atoms with E-state index in [0.29, 0.717) is 18.6 Å². The van der Waals surface area contributed by atoms with Gasteiger partial charge in [-0.2, -0.15) is 0 Å². The predicted octanol–water partition coefficient (Wildman–Crippen LogP) is 1.99. The molecule has 1 aliphatic carbocycles. The van der Waals surface area contributed by atoms with Crippen molar-refractivity contribution in [2.45, 2.75) is 58.0 Å². The Balaban J connectivity index is 1.88. The summed E-state index contributed by atoms with van der Waals surface area (Å²) in [5.41, 5.74) is 0. The number of carbonyl (C=O) groups excluding carboxylic acids is 1. The highest BCUT2D eigenvalue weighted by Gasteiger charge is 2.36. The van der Waals surface area contributed by atoms with Gasteiger partial charge in [0.15, 0.2) is 0 Å². The zero-order valence-electron chi connectivity index (χ0n) is 13.4. The van der Waals surface area contributed by atoms with Crippen molar-refractivity contribution in [3.8, 4) is 0 Å². The number of hydrogen-bond donors (Lipinski definition) is 2. The van der Waals surface area contributed by atoms with E-state index in [-0.39, 0.29) is 18.7 Å². The molecule has 0 bridgehead atoms. The number of nitrogens with zero attached hydrogens (tertiary/aromatic N) is 1. The maximum absolute atomic E-state index is 11.7. The Morgan fingerprint density at radius 3 is 2.71 bits per heavy atom. The molecule has 2 N–H and O–H groups in total. The fraction of sp³-hybridized carbons (Fsp3) is 0.938. The molecule has 0 aromatic carbocycles. The molecule has 5 nitrogen and oxygen atoms in total. The van der Waals surface area contributed by atoms with Crippen LogP contribution < -0.4 is 5.32 Å². The van der Waals surface area contributed by atoms with Crippen molar-refractivity contribution in [2.24, 2.45) is 11.8 Å². The third-order valence-electron chi connectivity index (χ3n) is 4.80. The van der Waals surface area contributed by atoms with Crippen LogP contribution in [0.2, 0.25) is 0 Å². The molecule has 122 valence electrons. The molecule has 1 amide bonds. The number of aliphatic hydroxyl groups is 1. The van der Waals surface area contributed by atoms with Gasteiger partial charge in [-0.1, -0.05) is 6.92 Å². The predicted molar refractivity (Wildman–Crippen MR) is 82.1 cm³/mol. The van der Waals surface area contributed by atoms with Gasteiger partial charge in [-0.25, -0.2) is 4.79 Å². The van der Waals surface area contributed by atoms with Gasteiger partial charge in [0, 0.05) is 31.8 Å². The van der Waals surface area contributed by atoms with Gasteiger partial charge >= 0.3 is 6.09 Å². The number of alkyl carbamates (subject to hydrolysis) is 1. The van der Waals surface area contributed by atoms with E-state index in [2.05, 4.69) is 17.1 Å². The number of carbonyl (C=O) groups is 1. The molecule has 2 fully saturated rings. The van der Waals surface area contributed by atoms with Crippen LogP contribution in [0.5, 0.6) is 0 Å². The van der Waals surface area contributed by atoms with Crippen LogP contribution >= 0.6 is 0 Å². The lowest BCUT2D eigenvalue weighted by Gasteiger charge is -2.47. The van der Waals surface area contributed by atoms with Crippen molar-refractivity contribution in [3.63, 3.8) is 0 Å². The average Bonchev–Trinajstić information content (AvgIpc) is 2.41. The zero-order chi connectivity index (χ0) is 15.2. The van der Waals surface area contributed by atoms with Crippen LogP contribution in [0.4, 0.5) is 4.79 Å². The molecule has 2 aliphatic rings. The first-order valence-electron chi connectivity index (χ1n) is 8.40. The van der Waals surface area contributed by atoms with Crippen molar-refractivity contribution in [3.05, 3.63) is 0 Å². The molecule has 2 atom stereocenters. The summed E-state index contributed by atoms with van der Waals surface area (Å²) in [6.45, 7) is 6.85. The van der Waals surface area contributed by atoms with Crippen LogP contribution in [0, 0.1) is 11.8 Å². The molecule has 0 aromatic rings. The Morgan fingerprint density at radius 1 is 1.33 bits per heavy atom. The molecule has 0 radical (unpaired) electrons. The van der Waals surface area contributed by atoms with E-state index >= 15 is 0 Å². The third kappa shape index (κ3) is 4.85. The number of rotatable bonds is 6. The number of piperidine rings is 1. The maximum atomic E-state index is 11.7. The van der Waals surface area contributed by atoms with Gasteiger partial charge in [-0.3, -0.25) is 4.90 Å². The van der Waals surface area contributed by atoms with Crippen LogP contribution in [0.25, 0.3) is 0 Å². The number of amides is 1. The minimum absolute atomic E-state index is 0.178. The second-order valence-electron chi connectivity index (χ2n) is 6.71. The topological polar surface area (TPSA) is 61.8 Å². The fourth-order valence-corrected chi connectivity index (χ4v) is 3.73. The molecule has 2 rings (SSSR count). The Morgan fingerprint density at radius 2 is 2.10 bits per heavy atom. The second kappa shape index (κ2) is 7.99. The van der Waals surface area contributed by atoms with Gasteiger partial charge in [0.05, 0.1) is 6.61 Å². The summed E-state index contributed by atoms with van der Waals surface area (Å²) in [6, 6.07) is 0.862. The summed E-state index contributed by atoms with van der Waals surface area (Å²) in [5.74, 6) is 1.40. The van der Waals surface area contributed by atoms with E-state index in [1.54, 1.807) is 0 Å². The first-order chi connectivity index (χ1) is 10.1.